The molecule has 0 bridgehead atoms. The Hall–Kier alpha value is -1.07. The van der Waals surface area contributed by atoms with Crippen molar-refractivity contribution in [2.45, 2.75) is 31.7 Å². The van der Waals surface area contributed by atoms with Crippen molar-refractivity contribution >= 4 is 27.3 Å². The van der Waals surface area contributed by atoms with Crippen LogP contribution in [0.3, 0.4) is 0 Å². The molecule has 1 atom stereocenters. The van der Waals surface area contributed by atoms with Gasteiger partial charge in [-0.15, -0.1) is 0 Å². The quantitative estimate of drug-likeness (QED) is 0.827. The second-order valence-corrected chi connectivity index (χ2v) is 9.27. The van der Waals surface area contributed by atoms with Gasteiger partial charge in [-0.05, 0) is 42.4 Å². The Morgan fingerprint density at radius 3 is 2.41 bits per heavy atom. The van der Waals surface area contributed by atoms with Crippen LogP contribution in [-0.2, 0) is 14.6 Å². The number of benzene rings is 1. The normalized spacial score (nSPS) is 23.0. The third kappa shape index (κ3) is 3.46. The number of hydrogen-bond acceptors (Lipinski definition) is 3. The minimum absolute atomic E-state index is 0.0763. The lowest BCUT2D eigenvalue weighted by atomic mass is 9.93. The van der Waals surface area contributed by atoms with Crippen molar-refractivity contribution in [1.29, 1.82) is 0 Å². The molecular formula is C16H20ClNO3S. The third-order valence-electron chi connectivity index (χ3n) is 4.65. The van der Waals surface area contributed by atoms with Crippen LogP contribution in [0, 0.1) is 5.41 Å². The molecule has 22 heavy (non-hydrogen) atoms. The second kappa shape index (κ2) is 5.53. The molecule has 4 nitrogen and oxygen atoms in total. The van der Waals surface area contributed by atoms with Crippen molar-refractivity contribution in [1.82, 2.24) is 4.90 Å². The van der Waals surface area contributed by atoms with E-state index in [2.05, 4.69) is 0 Å². The van der Waals surface area contributed by atoms with Crippen molar-refractivity contribution in [3.63, 3.8) is 0 Å². The molecular weight excluding hydrogens is 322 g/mol. The summed E-state index contributed by atoms with van der Waals surface area (Å²) in [5, 5.41) is 0.686. The molecule has 6 heteroatoms. The first kappa shape index (κ1) is 15.8. The maximum absolute atomic E-state index is 12.5. The molecule has 0 aromatic heterocycles. The molecule has 1 aliphatic carbocycles. The van der Waals surface area contributed by atoms with Gasteiger partial charge in [-0.2, -0.15) is 0 Å². The lowest BCUT2D eigenvalue weighted by molar-refractivity contribution is -0.140. The minimum Gasteiger partial charge on any atom is -0.335 e. The topological polar surface area (TPSA) is 54.5 Å². The largest absolute Gasteiger partial charge is 0.335 e. The van der Waals surface area contributed by atoms with Crippen molar-refractivity contribution in [2.75, 3.05) is 18.6 Å². The maximum atomic E-state index is 12.5. The molecule has 1 aromatic carbocycles. The van der Waals surface area contributed by atoms with Gasteiger partial charge in [-0.25, -0.2) is 8.42 Å². The monoisotopic (exact) mass is 341 g/mol. The van der Waals surface area contributed by atoms with E-state index in [-0.39, 0.29) is 23.1 Å². The number of sulfone groups is 1. The summed E-state index contributed by atoms with van der Waals surface area (Å²) in [7, 11) is -3.04. The van der Waals surface area contributed by atoms with Crippen LogP contribution in [0.2, 0.25) is 5.02 Å². The van der Waals surface area contributed by atoms with Crippen LogP contribution >= 0.6 is 11.6 Å². The minimum atomic E-state index is -3.04. The molecule has 1 saturated carbocycles. The number of carbonyl (C=O) groups excluding carboxylic acids is 1. The molecule has 1 aliphatic heterocycles. The van der Waals surface area contributed by atoms with Gasteiger partial charge in [-0.3, -0.25) is 4.79 Å². The van der Waals surface area contributed by atoms with Crippen LogP contribution in [0.4, 0.5) is 0 Å². The zero-order chi connectivity index (χ0) is 16.0. The highest BCUT2D eigenvalue weighted by Crippen LogP contribution is 2.51. The van der Waals surface area contributed by atoms with Crippen LogP contribution in [-0.4, -0.2) is 37.8 Å². The molecule has 1 unspecified atom stereocenters. The summed E-state index contributed by atoms with van der Waals surface area (Å²) in [6.07, 6.45) is 4.23. The van der Waals surface area contributed by atoms with E-state index in [1.165, 1.54) is 6.26 Å². The Kier molecular flexibility index (Phi) is 3.98. The Morgan fingerprint density at radius 2 is 1.95 bits per heavy atom. The lowest BCUT2D eigenvalue weighted by Gasteiger charge is -2.42. The highest BCUT2D eigenvalue weighted by Gasteiger charge is 2.48. The summed E-state index contributed by atoms with van der Waals surface area (Å²) in [5.41, 5.74) is 0.794. The smallest absolute Gasteiger partial charge is 0.223 e. The van der Waals surface area contributed by atoms with E-state index in [9.17, 15) is 13.2 Å². The molecule has 0 radical (unpaired) electrons. The van der Waals surface area contributed by atoms with Crippen molar-refractivity contribution in [3.05, 3.63) is 34.9 Å². The van der Waals surface area contributed by atoms with E-state index in [0.717, 1.165) is 31.4 Å². The zero-order valence-corrected chi connectivity index (χ0v) is 14.2. The zero-order valence-electron chi connectivity index (χ0n) is 12.6. The maximum Gasteiger partial charge on any atom is 0.223 e. The molecule has 1 heterocycles. The van der Waals surface area contributed by atoms with Gasteiger partial charge < -0.3 is 4.90 Å². The fourth-order valence-corrected chi connectivity index (χ4v) is 4.87. The SMILES string of the molecule is CS(=O)(=O)CC1(CC(=O)N2CCC2c2ccc(Cl)cc2)CC1. The van der Waals surface area contributed by atoms with Gasteiger partial charge in [0, 0.05) is 24.2 Å². The van der Waals surface area contributed by atoms with E-state index in [1.54, 1.807) is 0 Å². The van der Waals surface area contributed by atoms with Crippen LogP contribution in [0.15, 0.2) is 24.3 Å². The van der Waals surface area contributed by atoms with E-state index in [0.29, 0.717) is 11.4 Å². The van der Waals surface area contributed by atoms with E-state index < -0.39 is 9.84 Å². The highest BCUT2D eigenvalue weighted by molar-refractivity contribution is 7.90. The van der Waals surface area contributed by atoms with Gasteiger partial charge in [-0.1, -0.05) is 23.7 Å². The van der Waals surface area contributed by atoms with Crippen molar-refractivity contribution in [2.24, 2.45) is 5.41 Å². The first-order valence-corrected chi connectivity index (χ1v) is 9.95. The third-order valence-corrected chi connectivity index (χ3v) is 6.04. The molecule has 1 aromatic rings. The number of hydrogen-bond donors (Lipinski definition) is 0. The molecule has 0 N–H and O–H groups in total. The number of nitrogens with zero attached hydrogens (tertiary/aromatic N) is 1. The number of rotatable bonds is 5. The Bertz CT molecular complexity index is 680. The first-order valence-electron chi connectivity index (χ1n) is 7.51. The number of amides is 1. The number of halogens is 1. The van der Waals surface area contributed by atoms with Crippen LogP contribution < -0.4 is 0 Å². The molecule has 1 saturated heterocycles. The van der Waals surface area contributed by atoms with E-state index >= 15 is 0 Å². The summed E-state index contributed by atoms with van der Waals surface area (Å²) < 4.78 is 23.0. The standard InChI is InChI=1S/C16H20ClNO3S/c1-22(20,21)11-16(7-8-16)10-15(19)18-9-6-14(18)12-2-4-13(17)5-3-12/h2-5,14H,6-11H2,1H3. The van der Waals surface area contributed by atoms with Gasteiger partial charge >= 0.3 is 0 Å². The van der Waals surface area contributed by atoms with Gasteiger partial charge in [0.1, 0.15) is 9.84 Å². The van der Waals surface area contributed by atoms with Gasteiger partial charge in [0.2, 0.25) is 5.91 Å². The van der Waals surface area contributed by atoms with Crippen LogP contribution in [0.5, 0.6) is 0 Å². The second-order valence-electron chi connectivity index (χ2n) is 6.69. The Balaban J connectivity index is 1.65. The predicted molar refractivity (Wildman–Crippen MR) is 86.5 cm³/mol. The first-order chi connectivity index (χ1) is 10.3. The van der Waals surface area contributed by atoms with Crippen molar-refractivity contribution in [3.8, 4) is 0 Å². The summed E-state index contributed by atoms with van der Waals surface area (Å²) in [5.74, 6) is 0.206. The summed E-state index contributed by atoms with van der Waals surface area (Å²) in [4.78, 5) is 14.4. The Labute approximate surface area is 136 Å². The molecule has 1 amide bonds. The fourth-order valence-electron chi connectivity index (χ4n) is 3.24. The average Bonchev–Trinajstić information content (AvgIpc) is 3.07. The van der Waals surface area contributed by atoms with Crippen LogP contribution in [0.1, 0.15) is 37.3 Å². The summed E-state index contributed by atoms with van der Waals surface area (Å²) >= 11 is 5.90. The van der Waals surface area contributed by atoms with Gasteiger partial charge in [0.15, 0.2) is 0 Å². The lowest BCUT2D eigenvalue weighted by Crippen LogP contribution is -2.46. The Morgan fingerprint density at radius 1 is 1.32 bits per heavy atom. The molecule has 2 aliphatic rings. The highest BCUT2D eigenvalue weighted by atomic mass is 35.5. The van der Waals surface area contributed by atoms with E-state index in [1.807, 2.05) is 29.2 Å². The number of likely N-dealkylation sites (tertiary alicyclic amines) is 1. The molecule has 0 spiro atoms. The van der Waals surface area contributed by atoms with Crippen molar-refractivity contribution < 1.29 is 13.2 Å². The fraction of sp³-hybridized carbons (Fsp3) is 0.562. The van der Waals surface area contributed by atoms with E-state index in [4.69, 9.17) is 11.6 Å². The van der Waals surface area contributed by atoms with Gasteiger partial charge in [0.05, 0.1) is 11.8 Å². The average molecular weight is 342 g/mol. The predicted octanol–water partition coefficient (Wildman–Crippen LogP) is 2.83. The van der Waals surface area contributed by atoms with Crippen LogP contribution in [0.25, 0.3) is 0 Å². The number of carbonyl (C=O) groups is 1. The summed E-state index contributed by atoms with van der Waals surface area (Å²) in [6, 6.07) is 7.69. The molecule has 3 rings (SSSR count). The van der Waals surface area contributed by atoms with Gasteiger partial charge in [0.25, 0.3) is 0 Å². The summed E-state index contributed by atoms with van der Waals surface area (Å²) in [6.45, 7) is 0.751. The molecule has 120 valence electrons. The molecule has 2 fully saturated rings.